The zero-order chi connectivity index (χ0) is 26.8. The van der Waals surface area contributed by atoms with Gasteiger partial charge in [0.1, 0.15) is 11.9 Å². The van der Waals surface area contributed by atoms with Crippen molar-refractivity contribution in [2.45, 2.75) is 71.4 Å². The smallest absolute Gasteiger partial charge is 0.243 e. The number of nitrogens with one attached hydrogen (secondary N) is 1. The molecule has 0 unspecified atom stereocenters. The van der Waals surface area contributed by atoms with E-state index in [1.54, 1.807) is 17.0 Å². The molecular formula is C32H39FN2O2. The van der Waals surface area contributed by atoms with Gasteiger partial charge in [-0.2, -0.15) is 0 Å². The first-order valence-electron chi connectivity index (χ1n) is 13.1. The van der Waals surface area contributed by atoms with E-state index in [-0.39, 0.29) is 36.0 Å². The Hall–Kier alpha value is -3.47. The van der Waals surface area contributed by atoms with Gasteiger partial charge in [0, 0.05) is 25.9 Å². The maximum Gasteiger partial charge on any atom is 0.243 e. The Labute approximate surface area is 220 Å². The summed E-state index contributed by atoms with van der Waals surface area (Å²) in [5.41, 5.74) is 4.16. The third-order valence-electron chi connectivity index (χ3n) is 6.53. The Morgan fingerprint density at radius 1 is 0.865 bits per heavy atom. The molecule has 0 saturated carbocycles. The molecule has 0 aliphatic carbocycles. The van der Waals surface area contributed by atoms with E-state index in [4.69, 9.17) is 0 Å². The van der Waals surface area contributed by atoms with Crippen LogP contribution in [0, 0.1) is 5.82 Å². The van der Waals surface area contributed by atoms with E-state index in [2.05, 4.69) is 50.4 Å². The van der Waals surface area contributed by atoms with Gasteiger partial charge in [0.25, 0.3) is 0 Å². The first-order chi connectivity index (χ1) is 17.7. The molecule has 0 saturated heterocycles. The first-order valence-corrected chi connectivity index (χ1v) is 13.1. The van der Waals surface area contributed by atoms with E-state index in [1.807, 2.05) is 37.3 Å². The van der Waals surface area contributed by atoms with E-state index in [0.29, 0.717) is 19.4 Å². The van der Waals surface area contributed by atoms with Crippen LogP contribution in [-0.4, -0.2) is 29.3 Å². The number of carbonyl (C=O) groups excluding carboxylic acids is 2. The van der Waals surface area contributed by atoms with Crippen LogP contribution in [0.25, 0.3) is 0 Å². The van der Waals surface area contributed by atoms with Gasteiger partial charge < -0.3 is 10.2 Å². The summed E-state index contributed by atoms with van der Waals surface area (Å²) in [7, 11) is 0. The second-order valence-corrected chi connectivity index (χ2v) is 10.6. The molecule has 0 spiro atoms. The van der Waals surface area contributed by atoms with Crippen LogP contribution in [-0.2, 0) is 34.4 Å². The standard InChI is InChI=1S/C32H39FN2O2/c1-5-21-34-31(37)29(22-25-9-7-6-8-10-25)35(23-26-13-18-28(33)19-14-26)30(36)20-15-24-11-16-27(17-12-24)32(2,3)4/h6-14,16-19,29H,5,15,20-23H2,1-4H3,(H,34,37)/t29-/m0/s1. The van der Waals surface area contributed by atoms with Crippen LogP contribution in [0.2, 0.25) is 0 Å². The Balaban J connectivity index is 1.85. The SMILES string of the molecule is CCCNC(=O)[C@H](Cc1ccccc1)N(Cc1ccc(F)cc1)C(=O)CCc1ccc(C(C)(C)C)cc1. The van der Waals surface area contributed by atoms with E-state index in [1.165, 1.54) is 17.7 Å². The highest BCUT2D eigenvalue weighted by Gasteiger charge is 2.30. The number of amides is 2. The quantitative estimate of drug-likeness (QED) is 0.338. The maximum atomic E-state index is 13.7. The molecule has 1 atom stereocenters. The van der Waals surface area contributed by atoms with E-state index in [0.717, 1.165) is 23.1 Å². The predicted octanol–water partition coefficient (Wildman–Crippen LogP) is 6.22. The van der Waals surface area contributed by atoms with Crippen molar-refractivity contribution in [2.75, 3.05) is 6.54 Å². The molecule has 5 heteroatoms. The molecule has 3 aromatic rings. The number of nitrogens with zero attached hydrogens (tertiary/aromatic N) is 1. The fourth-order valence-electron chi connectivity index (χ4n) is 4.27. The topological polar surface area (TPSA) is 49.4 Å². The normalized spacial score (nSPS) is 12.1. The first kappa shape index (κ1) is 28.1. The highest BCUT2D eigenvalue weighted by Crippen LogP contribution is 2.23. The monoisotopic (exact) mass is 502 g/mol. The predicted molar refractivity (Wildman–Crippen MR) is 148 cm³/mol. The fourth-order valence-corrected chi connectivity index (χ4v) is 4.27. The molecule has 0 heterocycles. The van der Waals surface area contributed by atoms with Crippen LogP contribution in [0.4, 0.5) is 4.39 Å². The van der Waals surface area contributed by atoms with Gasteiger partial charge in [-0.05, 0) is 52.6 Å². The molecule has 0 fully saturated rings. The fraction of sp³-hybridized carbons (Fsp3) is 0.375. The van der Waals surface area contributed by atoms with E-state index < -0.39 is 6.04 Å². The average molecular weight is 503 g/mol. The molecular weight excluding hydrogens is 463 g/mol. The average Bonchev–Trinajstić information content (AvgIpc) is 2.89. The minimum absolute atomic E-state index is 0.0663. The Kier molecular flexibility index (Phi) is 10.0. The molecule has 0 aliphatic rings. The summed E-state index contributed by atoms with van der Waals surface area (Å²) in [6.45, 7) is 9.31. The number of hydrogen-bond acceptors (Lipinski definition) is 2. The molecule has 2 amide bonds. The Morgan fingerprint density at radius 2 is 1.49 bits per heavy atom. The molecule has 4 nitrogen and oxygen atoms in total. The van der Waals surface area contributed by atoms with Gasteiger partial charge in [-0.1, -0.05) is 94.4 Å². The van der Waals surface area contributed by atoms with Gasteiger partial charge in [0.15, 0.2) is 0 Å². The summed E-state index contributed by atoms with van der Waals surface area (Å²) < 4.78 is 13.6. The zero-order valence-corrected chi connectivity index (χ0v) is 22.5. The number of benzene rings is 3. The minimum atomic E-state index is -0.672. The van der Waals surface area contributed by atoms with Gasteiger partial charge in [-0.15, -0.1) is 0 Å². The van der Waals surface area contributed by atoms with E-state index in [9.17, 15) is 14.0 Å². The summed E-state index contributed by atoms with van der Waals surface area (Å²) in [5, 5.41) is 2.98. The van der Waals surface area contributed by atoms with Gasteiger partial charge in [0.05, 0.1) is 0 Å². The summed E-state index contributed by atoms with van der Waals surface area (Å²) in [6, 6.07) is 23.6. The van der Waals surface area contributed by atoms with Gasteiger partial charge >= 0.3 is 0 Å². The van der Waals surface area contributed by atoms with Crippen molar-refractivity contribution >= 4 is 11.8 Å². The van der Waals surface area contributed by atoms with Crippen LogP contribution < -0.4 is 5.32 Å². The molecule has 0 aliphatic heterocycles. The molecule has 3 rings (SSSR count). The number of hydrogen-bond donors (Lipinski definition) is 1. The van der Waals surface area contributed by atoms with Crippen LogP contribution in [0.1, 0.15) is 62.8 Å². The molecule has 0 radical (unpaired) electrons. The zero-order valence-electron chi connectivity index (χ0n) is 22.5. The molecule has 0 bridgehead atoms. The van der Waals surface area contributed by atoms with Crippen molar-refractivity contribution in [1.29, 1.82) is 0 Å². The van der Waals surface area contributed by atoms with Crippen molar-refractivity contribution in [2.24, 2.45) is 0 Å². The van der Waals surface area contributed by atoms with Crippen molar-refractivity contribution in [3.63, 3.8) is 0 Å². The second-order valence-electron chi connectivity index (χ2n) is 10.6. The summed E-state index contributed by atoms with van der Waals surface area (Å²) >= 11 is 0. The molecule has 196 valence electrons. The third kappa shape index (κ3) is 8.56. The Morgan fingerprint density at radius 3 is 2.08 bits per heavy atom. The molecule has 37 heavy (non-hydrogen) atoms. The maximum absolute atomic E-state index is 13.7. The van der Waals surface area contributed by atoms with Gasteiger partial charge in [0.2, 0.25) is 11.8 Å². The van der Waals surface area contributed by atoms with Gasteiger partial charge in [-0.25, -0.2) is 4.39 Å². The highest BCUT2D eigenvalue weighted by molar-refractivity contribution is 5.88. The van der Waals surface area contributed by atoms with Crippen LogP contribution >= 0.6 is 0 Å². The lowest BCUT2D eigenvalue weighted by Crippen LogP contribution is -2.50. The lowest BCUT2D eigenvalue weighted by Gasteiger charge is -2.31. The number of rotatable bonds is 11. The minimum Gasteiger partial charge on any atom is -0.354 e. The van der Waals surface area contributed by atoms with Crippen LogP contribution in [0.3, 0.4) is 0 Å². The summed E-state index contributed by atoms with van der Waals surface area (Å²) in [5.74, 6) is -0.602. The van der Waals surface area contributed by atoms with Crippen LogP contribution in [0.15, 0.2) is 78.9 Å². The number of carbonyl (C=O) groups is 2. The Bertz CT molecular complexity index is 1140. The second kappa shape index (κ2) is 13.2. The van der Waals surface area contributed by atoms with Crippen molar-refractivity contribution in [3.8, 4) is 0 Å². The summed E-state index contributed by atoms with van der Waals surface area (Å²) in [4.78, 5) is 28.7. The van der Waals surface area contributed by atoms with Crippen molar-refractivity contribution < 1.29 is 14.0 Å². The van der Waals surface area contributed by atoms with E-state index >= 15 is 0 Å². The van der Waals surface area contributed by atoms with Crippen LogP contribution in [0.5, 0.6) is 0 Å². The lowest BCUT2D eigenvalue weighted by atomic mass is 9.86. The lowest BCUT2D eigenvalue weighted by molar-refractivity contribution is -0.141. The molecule has 3 aromatic carbocycles. The van der Waals surface area contributed by atoms with Crippen molar-refractivity contribution in [1.82, 2.24) is 10.2 Å². The van der Waals surface area contributed by atoms with Gasteiger partial charge in [-0.3, -0.25) is 9.59 Å². The van der Waals surface area contributed by atoms with Crippen molar-refractivity contribution in [3.05, 3.63) is 107 Å². The molecule has 1 N–H and O–H groups in total. The number of halogens is 1. The molecule has 0 aromatic heterocycles. The third-order valence-corrected chi connectivity index (χ3v) is 6.53. The highest BCUT2D eigenvalue weighted by atomic mass is 19.1. The number of aryl methyl sites for hydroxylation is 1. The largest absolute Gasteiger partial charge is 0.354 e. The summed E-state index contributed by atoms with van der Waals surface area (Å²) in [6.07, 6.45) is 2.07.